The second-order valence-electron chi connectivity index (χ2n) is 5.80. The topological polar surface area (TPSA) is 41.1 Å². The average Bonchev–Trinajstić information content (AvgIpc) is 2.53. The van der Waals surface area contributed by atoms with Gasteiger partial charge in [-0.05, 0) is 37.3 Å². The van der Waals surface area contributed by atoms with Crippen molar-refractivity contribution in [2.24, 2.45) is 5.92 Å². The lowest BCUT2D eigenvalue weighted by Crippen LogP contribution is -2.40. The van der Waals surface area contributed by atoms with Crippen LogP contribution in [-0.2, 0) is 0 Å². The van der Waals surface area contributed by atoms with Crippen LogP contribution in [0.25, 0.3) is 0 Å². The second-order valence-corrected chi connectivity index (χ2v) is 5.80. The van der Waals surface area contributed by atoms with Crippen molar-refractivity contribution in [2.45, 2.75) is 51.5 Å². The molecule has 0 aliphatic heterocycles. The standard InChI is InChI=1S/C17H25FN2O/c1-3-15(12-8-5-4-6-9-12)20-17(21)13-10-7-11-14(18)16(13)19-2/h7,10-12,15,19H,3-6,8-9H2,1-2H3,(H,20,21). The Morgan fingerprint density at radius 1 is 1.33 bits per heavy atom. The normalized spacial score (nSPS) is 17.3. The second kappa shape index (κ2) is 7.43. The van der Waals surface area contributed by atoms with E-state index in [-0.39, 0.29) is 17.6 Å². The number of hydrogen-bond acceptors (Lipinski definition) is 2. The van der Waals surface area contributed by atoms with Crippen LogP contribution in [-0.4, -0.2) is 19.0 Å². The van der Waals surface area contributed by atoms with E-state index in [1.165, 1.54) is 38.2 Å². The monoisotopic (exact) mass is 292 g/mol. The molecule has 1 aliphatic carbocycles. The van der Waals surface area contributed by atoms with Crippen LogP contribution in [0.4, 0.5) is 10.1 Å². The molecular formula is C17H25FN2O. The molecule has 1 saturated carbocycles. The van der Waals surface area contributed by atoms with Gasteiger partial charge in [-0.25, -0.2) is 4.39 Å². The van der Waals surface area contributed by atoms with Gasteiger partial charge >= 0.3 is 0 Å². The largest absolute Gasteiger partial charge is 0.385 e. The van der Waals surface area contributed by atoms with Crippen LogP contribution in [0.1, 0.15) is 55.8 Å². The van der Waals surface area contributed by atoms with Crippen LogP contribution < -0.4 is 10.6 Å². The minimum atomic E-state index is -0.393. The van der Waals surface area contributed by atoms with Crippen molar-refractivity contribution in [1.29, 1.82) is 0 Å². The molecule has 21 heavy (non-hydrogen) atoms. The van der Waals surface area contributed by atoms with E-state index in [1.807, 2.05) is 0 Å². The molecule has 116 valence electrons. The molecule has 0 saturated heterocycles. The zero-order valence-corrected chi connectivity index (χ0v) is 12.9. The van der Waals surface area contributed by atoms with Crippen LogP contribution in [0.15, 0.2) is 18.2 Å². The van der Waals surface area contributed by atoms with E-state index >= 15 is 0 Å². The maximum atomic E-state index is 13.7. The first-order chi connectivity index (χ1) is 10.2. The molecule has 2 rings (SSSR count). The molecule has 0 bridgehead atoms. The van der Waals surface area contributed by atoms with Crippen LogP contribution in [0.3, 0.4) is 0 Å². The van der Waals surface area contributed by atoms with E-state index in [9.17, 15) is 9.18 Å². The molecular weight excluding hydrogens is 267 g/mol. The highest BCUT2D eigenvalue weighted by Gasteiger charge is 2.25. The summed E-state index contributed by atoms with van der Waals surface area (Å²) in [4.78, 5) is 12.5. The summed E-state index contributed by atoms with van der Waals surface area (Å²) in [5.41, 5.74) is 0.653. The van der Waals surface area contributed by atoms with Crippen molar-refractivity contribution < 1.29 is 9.18 Å². The van der Waals surface area contributed by atoms with Gasteiger partial charge in [-0.15, -0.1) is 0 Å². The van der Waals surface area contributed by atoms with Gasteiger partial charge in [0, 0.05) is 13.1 Å². The Balaban J connectivity index is 2.10. The maximum Gasteiger partial charge on any atom is 0.253 e. The number of para-hydroxylation sites is 1. The van der Waals surface area contributed by atoms with Crippen molar-refractivity contribution >= 4 is 11.6 Å². The molecule has 1 fully saturated rings. The van der Waals surface area contributed by atoms with Gasteiger partial charge in [0.2, 0.25) is 0 Å². The highest BCUT2D eigenvalue weighted by molar-refractivity contribution is 5.99. The van der Waals surface area contributed by atoms with Crippen LogP contribution >= 0.6 is 0 Å². The number of carbonyl (C=O) groups is 1. The molecule has 1 amide bonds. The predicted molar refractivity (Wildman–Crippen MR) is 84.1 cm³/mol. The highest BCUT2D eigenvalue weighted by atomic mass is 19.1. The maximum absolute atomic E-state index is 13.7. The first-order valence-electron chi connectivity index (χ1n) is 7.94. The van der Waals surface area contributed by atoms with Crippen molar-refractivity contribution in [1.82, 2.24) is 5.32 Å². The van der Waals surface area contributed by atoms with E-state index in [0.717, 1.165) is 6.42 Å². The summed E-state index contributed by atoms with van der Waals surface area (Å²) in [6.07, 6.45) is 7.08. The summed E-state index contributed by atoms with van der Waals surface area (Å²) >= 11 is 0. The van der Waals surface area contributed by atoms with E-state index < -0.39 is 5.82 Å². The Morgan fingerprint density at radius 3 is 2.67 bits per heavy atom. The number of hydrogen-bond donors (Lipinski definition) is 2. The van der Waals surface area contributed by atoms with Crippen molar-refractivity contribution in [2.75, 3.05) is 12.4 Å². The van der Waals surface area contributed by atoms with Gasteiger partial charge in [-0.2, -0.15) is 0 Å². The number of benzene rings is 1. The third-order valence-electron chi connectivity index (χ3n) is 4.48. The van der Waals surface area contributed by atoms with Crippen molar-refractivity contribution in [3.63, 3.8) is 0 Å². The third-order valence-corrected chi connectivity index (χ3v) is 4.48. The van der Waals surface area contributed by atoms with Crippen LogP contribution in [0.2, 0.25) is 0 Å². The number of anilines is 1. The molecule has 0 heterocycles. The van der Waals surface area contributed by atoms with Gasteiger partial charge in [-0.1, -0.05) is 32.3 Å². The van der Waals surface area contributed by atoms with Gasteiger partial charge in [0.05, 0.1) is 11.3 Å². The fraction of sp³-hybridized carbons (Fsp3) is 0.588. The van der Waals surface area contributed by atoms with Crippen LogP contribution in [0.5, 0.6) is 0 Å². The summed E-state index contributed by atoms with van der Waals surface area (Å²) in [6.45, 7) is 2.10. The minimum absolute atomic E-state index is 0.184. The lowest BCUT2D eigenvalue weighted by atomic mass is 9.83. The Hall–Kier alpha value is -1.58. The van der Waals surface area contributed by atoms with E-state index in [4.69, 9.17) is 0 Å². The lowest BCUT2D eigenvalue weighted by Gasteiger charge is -2.30. The Labute approximate surface area is 126 Å². The molecule has 1 unspecified atom stereocenters. The molecule has 2 N–H and O–H groups in total. The molecule has 1 atom stereocenters. The summed E-state index contributed by atoms with van der Waals surface area (Å²) in [6, 6.07) is 4.79. The van der Waals surface area contributed by atoms with E-state index in [2.05, 4.69) is 17.6 Å². The summed E-state index contributed by atoms with van der Waals surface area (Å²) in [5, 5.41) is 5.89. The first kappa shape index (κ1) is 15.8. The first-order valence-corrected chi connectivity index (χ1v) is 7.94. The Kier molecular flexibility index (Phi) is 5.59. The molecule has 3 nitrogen and oxygen atoms in total. The Morgan fingerprint density at radius 2 is 2.05 bits per heavy atom. The highest BCUT2D eigenvalue weighted by Crippen LogP contribution is 2.28. The molecule has 1 aromatic carbocycles. The molecule has 0 aromatic heterocycles. The number of nitrogens with one attached hydrogen (secondary N) is 2. The summed E-state index contributed by atoms with van der Waals surface area (Å²) in [7, 11) is 1.63. The number of amides is 1. The Bertz CT molecular complexity index is 484. The number of halogens is 1. The third kappa shape index (κ3) is 3.74. The summed E-state index contributed by atoms with van der Waals surface area (Å²) in [5.74, 6) is -0.0218. The van der Waals surface area contributed by atoms with Gasteiger partial charge in [0.1, 0.15) is 5.82 Å². The number of carbonyl (C=O) groups excluding carboxylic acids is 1. The smallest absolute Gasteiger partial charge is 0.253 e. The molecule has 0 spiro atoms. The predicted octanol–water partition coefficient (Wildman–Crippen LogP) is 3.96. The van der Waals surface area contributed by atoms with Crippen molar-refractivity contribution in [3.05, 3.63) is 29.6 Å². The van der Waals surface area contributed by atoms with Gasteiger partial charge in [-0.3, -0.25) is 4.79 Å². The quantitative estimate of drug-likeness (QED) is 0.862. The number of rotatable bonds is 5. The SMILES string of the molecule is CCC(NC(=O)c1cccc(F)c1NC)C1CCCCC1. The minimum Gasteiger partial charge on any atom is -0.385 e. The zero-order chi connectivity index (χ0) is 15.2. The lowest BCUT2D eigenvalue weighted by molar-refractivity contribution is 0.0911. The molecule has 1 aromatic rings. The van der Waals surface area contributed by atoms with E-state index in [0.29, 0.717) is 11.5 Å². The van der Waals surface area contributed by atoms with Crippen LogP contribution in [0, 0.1) is 11.7 Å². The van der Waals surface area contributed by atoms with Gasteiger partial charge in [0.15, 0.2) is 0 Å². The van der Waals surface area contributed by atoms with Gasteiger partial charge < -0.3 is 10.6 Å². The summed E-state index contributed by atoms with van der Waals surface area (Å²) < 4.78 is 13.7. The fourth-order valence-corrected chi connectivity index (χ4v) is 3.30. The molecule has 4 heteroatoms. The van der Waals surface area contributed by atoms with E-state index in [1.54, 1.807) is 19.2 Å². The van der Waals surface area contributed by atoms with Gasteiger partial charge in [0.25, 0.3) is 5.91 Å². The molecule has 1 aliphatic rings. The average molecular weight is 292 g/mol. The van der Waals surface area contributed by atoms with Crippen molar-refractivity contribution in [3.8, 4) is 0 Å². The fourth-order valence-electron chi connectivity index (χ4n) is 3.30. The zero-order valence-electron chi connectivity index (χ0n) is 12.9. The molecule has 0 radical (unpaired) electrons.